The Hall–Kier alpha value is -2.40. The molecule has 1 aliphatic rings. The van der Waals surface area contributed by atoms with E-state index in [0.29, 0.717) is 5.69 Å². The second-order valence-electron chi connectivity index (χ2n) is 5.28. The third kappa shape index (κ3) is 3.62. The van der Waals surface area contributed by atoms with E-state index in [1.165, 1.54) is 18.2 Å². The fourth-order valence-electron chi connectivity index (χ4n) is 2.52. The van der Waals surface area contributed by atoms with Crippen molar-refractivity contribution < 1.29 is 9.21 Å². The number of aromatic nitrogens is 1. The van der Waals surface area contributed by atoms with E-state index in [9.17, 15) is 4.79 Å². The van der Waals surface area contributed by atoms with Gasteiger partial charge in [-0.2, -0.15) is 0 Å². The van der Waals surface area contributed by atoms with E-state index in [2.05, 4.69) is 34.2 Å². The molecular weight excluding hydrogens is 278 g/mol. The van der Waals surface area contributed by atoms with Gasteiger partial charge in [-0.15, -0.1) is 0 Å². The first-order valence-electron chi connectivity index (χ1n) is 7.44. The predicted molar refractivity (Wildman–Crippen MR) is 84.3 cm³/mol. The van der Waals surface area contributed by atoms with Gasteiger partial charge in [0.15, 0.2) is 12.1 Å². The van der Waals surface area contributed by atoms with Gasteiger partial charge in [0.05, 0.1) is 0 Å². The summed E-state index contributed by atoms with van der Waals surface area (Å²) in [6.45, 7) is 4.11. The number of rotatable bonds is 4. The van der Waals surface area contributed by atoms with E-state index in [1.807, 2.05) is 23.1 Å². The minimum atomic E-state index is -0.0479. The molecule has 1 aliphatic heterocycles. The van der Waals surface area contributed by atoms with Crippen LogP contribution in [0.3, 0.4) is 0 Å². The molecule has 0 spiro atoms. The standard InChI is InChI=1S/C17H19N3O2/c21-17(16-13-22-14-18-16)20-11-9-19(10-12-20)8-4-7-15-5-2-1-3-6-15/h1-7,13-14H,8-12H2/b7-4+. The van der Waals surface area contributed by atoms with Crippen LogP contribution < -0.4 is 0 Å². The molecule has 1 amide bonds. The minimum absolute atomic E-state index is 0.0479. The Morgan fingerprint density at radius 3 is 2.64 bits per heavy atom. The fraction of sp³-hybridized carbons (Fsp3) is 0.294. The highest BCUT2D eigenvalue weighted by Crippen LogP contribution is 2.08. The van der Waals surface area contributed by atoms with Gasteiger partial charge in [-0.3, -0.25) is 9.69 Å². The Kier molecular flexibility index (Phi) is 4.65. The molecule has 1 aromatic carbocycles. The molecule has 114 valence electrons. The van der Waals surface area contributed by atoms with Gasteiger partial charge in [0.2, 0.25) is 0 Å². The predicted octanol–water partition coefficient (Wildman–Crippen LogP) is 2.15. The summed E-state index contributed by atoms with van der Waals surface area (Å²) >= 11 is 0. The normalized spacial score (nSPS) is 16.3. The number of piperazine rings is 1. The first-order valence-corrected chi connectivity index (χ1v) is 7.44. The van der Waals surface area contributed by atoms with Gasteiger partial charge in [0.25, 0.3) is 5.91 Å². The Morgan fingerprint density at radius 2 is 1.95 bits per heavy atom. The van der Waals surface area contributed by atoms with Crippen molar-refractivity contribution in [1.29, 1.82) is 0 Å². The van der Waals surface area contributed by atoms with Crippen LogP contribution in [-0.4, -0.2) is 53.4 Å². The summed E-state index contributed by atoms with van der Waals surface area (Å²) in [7, 11) is 0. The topological polar surface area (TPSA) is 49.6 Å². The van der Waals surface area contributed by atoms with Crippen LogP contribution in [0.25, 0.3) is 6.08 Å². The largest absolute Gasteiger partial charge is 0.451 e. The number of amides is 1. The van der Waals surface area contributed by atoms with Gasteiger partial charge >= 0.3 is 0 Å². The van der Waals surface area contributed by atoms with E-state index >= 15 is 0 Å². The van der Waals surface area contributed by atoms with Crippen LogP contribution in [0.5, 0.6) is 0 Å². The average molecular weight is 297 g/mol. The summed E-state index contributed by atoms with van der Waals surface area (Å²) in [5.41, 5.74) is 1.60. The zero-order valence-corrected chi connectivity index (χ0v) is 12.4. The maximum Gasteiger partial charge on any atom is 0.275 e. The molecule has 5 nitrogen and oxygen atoms in total. The van der Waals surface area contributed by atoms with E-state index in [-0.39, 0.29) is 5.91 Å². The number of oxazole rings is 1. The molecule has 1 fully saturated rings. The second-order valence-corrected chi connectivity index (χ2v) is 5.28. The van der Waals surface area contributed by atoms with Crippen molar-refractivity contribution in [3.8, 4) is 0 Å². The number of hydrogen-bond donors (Lipinski definition) is 0. The summed E-state index contributed by atoms with van der Waals surface area (Å²) in [5, 5.41) is 0. The van der Waals surface area contributed by atoms with Crippen LogP contribution in [0.4, 0.5) is 0 Å². The lowest BCUT2D eigenvalue weighted by atomic mass is 10.2. The molecule has 1 saturated heterocycles. The Bertz CT molecular complexity index is 615. The highest BCUT2D eigenvalue weighted by Gasteiger charge is 2.22. The first-order chi connectivity index (χ1) is 10.8. The molecular formula is C17H19N3O2. The van der Waals surface area contributed by atoms with Crippen molar-refractivity contribution in [3.05, 3.63) is 60.3 Å². The van der Waals surface area contributed by atoms with E-state index in [0.717, 1.165) is 32.7 Å². The first kappa shape index (κ1) is 14.5. The molecule has 0 unspecified atom stereocenters. The van der Waals surface area contributed by atoms with Crippen LogP contribution >= 0.6 is 0 Å². The van der Waals surface area contributed by atoms with Crippen molar-refractivity contribution >= 4 is 12.0 Å². The lowest BCUT2D eigenvalue weighted by Gasteiger charge is -2.33. The van der Waals surface area contributed by atoms with Gasteiger partial charge < -0.3 is 9.32 Å². The molecule has 0 atom stereocenters. The summed E-state index contributed by atoms with van der Waals surface area (Å²) in [6, 6.07) is 10.3. The average Bonchev–Trinajstić information content (AvgIpc) is 3.10. The molecule has 5 heteroatoms. The lowest BCUT2D eigenvalue weighted by Crippen LogP contribution is -2.48. The van der Waals surface area contributed by atoms with Crippen LogP contribution in [0, 0.1) is 0 Å². The highest BCUT2D eigenvalue weighted by atomic mass is 16.3. The van der Waals surface area contributed by atoms with Gasteiger partial charge in [-0.1, -0.05) is 42.5 Å². The quantitative estimate of drug-likeness (QED) is 0.867. The summed E-state index contributed by atoms with van der Waals surface area (Å²) in [6.07, 6.45) is 6.99. The van der Waals surface area contributed by atoms with Crippen molar-refractivity contribution in [2.24, 2.45) is 0 Å². The molecule has 2 heterocycles. The number of carbonyl (C=O) groups excluding carboxylic acids is 1. The number of benzene rings is 1. The summed E-state index contributed by atoms with van der Waals surface area (Å²) in [4.78, 5) is 20.2. The third-order valence-electron chi connectivity index (χ3n) is 3.78. The van der Waals surface area contributed by atoms with Crippen LogP contribution in [-0.2, 0) is 0 Å². The van der Waals surface area contributed by atoms with Crippen LogP contribution in [0.2, 0.25) is 0 Å². The smallest absolute Gasteiger partial charge is 0.275 e. The molecule has 0 bridgehead atoms. The molecule has 0 saturated carbocycles. The number of nitrogens with zero attached hydrogens (tertiary/aromatic N) is 3. The van der Waals surface area contributed by atoms with Gasteiger partial charge in [0, 0.05) is 32.7 Å². The van der Waals surface area contributed by atoms with Gasteiger partial charge in [-0.25, -0.2) is 4.98 Å². The Labute approximate surface area is 129 Å². The molecule has 1 aromatic heterocycles. The zero-order valence-electron chi connectivity index (χ0n) is 12.4. The van der Waals surface area contributed by atoms with E-state index in [4.69, 9.17) is 4.42 Å². The van der Waals surface area contributed by atoms with E-state index < -0.39 is 0 Å². The zero-order chi connectivity index (χ0) is 15.2. The molecule has 22 heavy (non-hydrogen) atoms. The minimum Gasteiger partial charge on any atom is -0.451 e. The van der Waals surface area contributed by atoms with Crippen molar-refractivity contribution in [2.45, 2.75) is 0 Å². The Balaban J connectivity index is 1.46. The fourth-order valence-corrected chi connectivity index (χ4v) is 2.52. The summed E-state index contributed by atoms with van der Waals surface area (Å²) in [5.74, 6) is -0.0479. The van der Waals surface area contributed by atoms with Crippen molar-refractivity contribution in [3.63, 3.8) is 0 Å². The molecule has 0 radical (unpaired) electrons. The Morgan fingerprint density at radius 1 is 1.18 bits per heavy atom. The SMILES string of the molecule is O=C(c1cocn1)N1CCN(C/C=C/c2ccccc2)CC1. The third-order valence-corrected chi connectivity index (χ3v) is 3.78. The van der Waals surface area contributed by atoms with Gasteiger partial charge in [0.1, 0.15) is 6.26 Å². The lowest BCUT2D eigenvalue weighted by molar-refractivity contribution is 0.0644. The maximum atomic E-state index is 12.1. The second kappa shape index (κ2) is 7.04. The maximum absolute atomic E-state index is 12.1. The van der Waals surface area contributed by atoms with Crippen LogP contribution in [0.1, 0.15) is 16.1 Å². The summed E-state index contributed by atoms with van der Waals surface area (Å²) < 4.78 is 4.86. The van der Waals surface area contributed by atoms with Gasteiger partial charge in [-0.05, 0) is 5.56 Å². The van der Waals surface area contributed by atoms with E-state index in [1.54, 1.807) is 0 Å². The molecule has 0 aliphatic carbocycles. The monoisotopic (exact) mass is 297 g/mol. The highest BCUT2D eigenvalue weighted by molar-refractivity contribution is 5.91. The number of hydrogen-bond acceptors (Lipinski definition) is 4. The number of carbonyl (C=O) groups is 1. The molecule has 2 aromatic rings. The van der Waals surface area contributed by atoms with Crippen molar-refractivity contribution in [2.75, 3.05) is 32.7 Å². The molecule has 0 N–H and O–H groups in total. The molecule has 3 rings (SSSR count). The van der Waals surface area contributed by atoms with Crippen LogP contribution in [0.15, 0.2) is 53.5 Å². The van der Waals surface area contributed by atoms with Crippen molar-refractivity contribution in [1.82, 2.24) is 14.8 Å².